The van der Waals surface area contributed by atoms with Gasteiger partial charge in [0.2, 0.25) is 12.8 Å². The molecule has 0 saturated heterocycles. The Labute approximate surface area is 172 Å². The lowest BCUT2D eigenvalue weighted by Crippen LogP contribution is -2.43. The SMILES string of the molecule is COc1ccc(Br)c2c1C(CN(C=O)C(=O)c1ccccc1C)N(C=O)CC2. The van der Waals surface area contributed by atoms with Crippen LogP contribution in [0.5, 0.6) is 5.75 Å². The smallest absolute Gasteiger partial charge is 0.260 e. The minimum absolute atomic E-state index is 0.0508. The van der Waals surface area contributed by atoms with Gasteiger partial charge in [-0.25, -0.2) is 0 Å². The number of benzene rings is 2. The van der Waals surface area contributed by atoms with Crippen LogP contribution in [0, 0.1) is 6.92 Å². The Balaban J connectivity index is 2.01. The molecule has 2 aromatic carbocycles. The third-order valence-corrected chi connectivity index (χ3v) is 5.84. The minimum Gasteiger partial charge on any atom is -0.496 e. The zero-order chi connectivity index (χ0) is 20.3. The van der Waals surface area contributed by atoms with E-state index in [1.165, 1.54) is 0 Å². The maximum Gasteiger partial charge on any atom is 0.260 e. The predicted molar refractivity (Wildman–Crippen MR) is 108 cm³/mol. The Bertz CT molecular complexity index is 915. The summed E-state index contributed by atoms with van der Waals surface area (Å²) in [5.41, 5.74) is 3.09. The highest BCUT2D eigenvalue weighted by molar-refractivity contribution is 9.10. The first-order valence-electron chi connectivity index (χ1n) is 8.90. The highest BCUT2D eigenvalue weighted by Gasteiger charge is 2.33. The number of methoxy groups -OCH3 is 1. The third-order valence-electron chi connectivity index (χ3n) is 5.10. The van der Waals surface area contributed by atoms with Gasteiger partial charge in [0.05, 0.1) is 19.7 Å². The molecule has 7 heteroatoms. The molecule has 1 aliphatic rings. The van der Waals surface area contributed by atoms with Gasteiger partial charge < -0.3 is 9.64 Å². The van der Waals surface area contributed by atoms with Gasteiger partial charge in [-0.2, -0.15) is 0 Å². The summed E-state index contributed by atoms with van der Waals surface area (Å²) in [6, 6.07) is 10.4. The van der Waals surface area contributed by atoms with Crippen molar-refractivity contribution in [2.24, 2.45) is 0 Å². The first kappa shape index (κ1) is 20.1. The fourth-order valence-electron chi connectivity index (χ4n) is 3.63. The topological polar surface area (TPSA) is 66.9 Å². The molecule has 1 unspecified atom stereocenters. The van der Waals surface area contributed by atoms with Crippen molar-refractivity contribution < 1.29 is 19.1 Å². The van der Waals surface area contributed by atoms with Crippen LogP contribution in [-0.4, -0.2) is 48.7 Å². The largest absolute Gasteiger partial charge is 0.496 e. The van der Waals surface area contributed by atoms with Crippen molar-refractivity contribution in [3.05, 3.63) is 63.1 Å². The number of fused-ring (bicyclic) bond motifs is 1. The number of hydrogen-bond acceptors (Lipinski definition) is 4. The van der Waals surface area contributed by atoms with Gasteiger partial charge in [0, 0.05) is 22.1 Å². The van der Waals surface area contributed by atoms with Crippen LogP contribution >= 0.6 is 15.9 Å². The van der Waals surface area contributed by atoms with Crippen LogP contribution in [0.2, 0.25) is 0 Å². The predicted octanol–water partition coefficient (Wildman–Crippen LogP) is 3.12. The van der Waals surface area contributed by atoms with Gasteiger partial charge in [0.15, 0.2) is 0 Å². The second kappa shape index (κ2) is 8.56. The summed E-state index contributed by atoms with van der Waals surface area (Å²) in [6.07, 6.45) is 1.95. The van der Waals surface area contributed by atoms with Crippen LogP contribution in [-0.2, 0) is 16.0 Å². The van der Waals surface area contributed by atoms with E-state index in [9.17, 15) is 14.4 Å². The number of imide groups is 1. The second-order valence-electron chi connectivity index (χ2n) is 6.63. The molecule has 0 saturated carbocycles. The lowest BCUT2D eigenvalue weighted by molar-refractivity contribution is -0.123. The van der Waals surface area contributed by atoms with Gasteiger partial charge in [-0.3, -0.25) is 19.3 Å². The lowest BCUT2D eigenvalue weighted by atomic mass is 9.91. The quantitative estimate of drug-likeness (QED) is 0.641. The molecular weight excluding hydrogens is 424 g/mol. The highest BCUT2D eigenvalue weighted by atomic mass is 79.9. The molecule has 0 N–H and O–H groups in total. The number of aryl methyl sites for hydroxylation is 1. The van der Waals surface area contributed by atoms with E-state index in [2.05, 4.69) is 15.9 Å². The van der Waals surface area contributed by atoms with Crippen molar-refractivity contribution in [2.75, 3.05) is 20.2 Å². The number of carbonyl (C=O) groups excluding carboxylic acids is 3. The summed E-state index contributed by atoms with van der Waals surface area (Å²) in [5, 5.41) is 0. The molecule has 1 aliphatic heterocycles. The van der Waals surface area contributed by atoms with E-state index in [0.717, 1.165) is 32.5 Å². The van der Waals surface area contributed by atoms with Crippen molar-refractivity contribution in [2.45, 2.75) is 19.4 Å². The molecule has 146 valence electrons. The van der Waals surface area contributed by atoms with E-state index in [1.54, 1.807) is 24.1 Å². The molecular formula is C21H21BrN2O4. The van der Waals surface area contributed by atoms with Gasteiger partial charge in [-0.05, 0) is 42.7 Å². The van der Waals surface area contributed by atoms with Crippen LogP contribution in [0.4, 0.5) is 0 Å². The van der Waals surface area contributed by atoms with E-state index in [-0.39, 0.29) is 12.5 Å². The van der Waals surface area contributed by atoms with E-state index in [4.69, 9.17) is 4.74 Å². The van der Waals surface area contributed by atoms with Crippen molar-refractivity contribution in [1.82, 2.24) is 9.80 Å². The number of carbonyl (C=O) groups is 3. The van der Waals surface area contributed by atoms with Crippen molar-refractivity contribution in [3.63, 3.8) is 0 Å². The number of rotatable bonds is 6. The lowest BCUT2D eigenvalue weighted by Gasteiger charge is -2.37. The first-order chi connectivity index (χ1) is 13.5. The molecule has 6 nitrogen and oxygen atoms in total. The number of halogens is 1. The summed E-state index contributed by atoms with van der Waals surface area (Å²) >= 11 is 3.56. The Morgan fingerprint density at radius 1 is 1.29 bits per heavy atom. The zero-order valence-electron chi connectivity index (χ0n) is 15.7. The fourth-order valence-corrected chi connectivity index (χ4v) is 4.17. The van der Waals surface area contributed by atoms with Gasteiger partial charge >= 0.3 is 0 Å². The monoisotopic (exact) mass is 444 g/mol. The number of ether oxygens (including phenoxy) is 1. The molecule has 1 atom stereocenters. The summed E-state index contributed by atoms with van der Waals surface area (Å²) in [6.45, 7) is 2.37. The maximum absolute atomic E-state index is 12.9. The van der Waals surface area contributed by atoms with Crippen LogP contribution < -0.4 is 4.74 Å². The molecule has 2 aromatic rings. The molecule has 1 heterocycles. The van der Waals surface area contributed by atoms with Crippen molar-refractivity contribution in [3.8, 4) is 5.75 Å². The van der Waals surface area contributed by atoms with E-state index >= 15 is 0 Å². The maximum atomic E-state index is 12.9. The summed E-state index contributed by atoms with van der Waals surface area (Å²) in [7, 11) is 1.57. The minimum atomic E-state index is -0.480. The molecule has 0 radical (unpaired) electrons. The Hall–Kier alpha value is -2.67. The number of amides is 3. The standard InChI is InChI=1S/C21H21BrN2O4/c1-14-5-3-4-6-15(14)21(27)24(13-26)11-18-20-16(9-10-23(18)12-25)17(22)7-8-19(20)28-2/h3-8,12-13,18H,9-11H2,1-2H3. The first-order valence-corrected chi connectivity index (χ1v) is 9.69. The van der Waals surface area contributed by atoms with Gasteiger partial charge in [-0.1, -0.05) is 34.1 Å². The van der Waals surface area contributed by atoms with E-state index < -0.39 is 6.04 Å². The van der Waals surface area contributed by atoms with Crippen LogP contribution in [0.1, 0.15) is 33.1 Å². The summed E-state index contributed by atoms with van der Waals surface area (Å²) in [5.74, 6) is 0.240. The van der Waals surface area contributed by atoms with Gasteiger partial charge in [0.1, 0.15) is 5.75 Å². The molecule has 0 fully saturated rings. The average molecular weight is 445 g/mol. The Morgan fingerprint density at radius 3 is 2.68 bits per heavy atom. The molecule has 3 amide bonds. The second-order valence-corrected chi connectivity index (χ2v) is 7.48. The Morgan fingerprint density at radius 2 is 2.04 bits per heavy atom. The van der Waals surface area contributed by atoms with E-state index in [0.29, 0.717) is 30.7 Å². The zero-order valence-corrected chi connectivity index (χ0v) is 17.3. The molecule has 0 bridgehead atoms. The molecule has 0 spiro atoms. The molecule has 0 aromatic heterocycles. The van der Waals surface area contributed by atoms with Gasteiger partial charge in [-0.15, -0.1) is 0 Å². The molecule has 0 aliphatic carbocycles. The van der Waals surface area contributed by atoms with Crippen molar-refractivity contribution in [1.29, 1.82) is 0 Å². The molecule has 3 rings (SSSR count). The highest BCUT2D eigenvalue weighted by Crippen LogP contribution is 2.40. The average Bonchev–Trinajstić information content (AvgIpc) is 2.72. The third kappa shape index (κ3) is 3.67. The van der Waals surface area contributed by atoms with Crippen molar-refractivity contribution >= 4 is 34.7 Å². The van der Waals surface area contributed by atoms with Gasteiger partial charge in [0.25, 0.3) is 5.91 Å². The Kier molecular flexibility index (Phi) is 6.14. The number of hydrogen-bond donors (Lipinski definition) is 0. The number of nitrogens with zero attached hydrogens (tertiary/aromatic N) is 2. The molecule has 28 heavy (non-hydrogen) atoms. The van der Waals surface area contributed by atoms with E-state index in [1.807, 2.05) is 31.2 Å². The summed E-state index contributed by atoms with van der Waals surface area (Å²) in [4.78, 5) is 39.2. The van der Waals surface area contributed by atoms with Crippen LogP contribution in [0.25, 0.3) is 0 Å². The van der Waals surface area contributed by atoms with Crippen LogP contribution in [0.15, 0.2) is 40.9 Å². The summed E-state index contributed by atoms with van der Waals surface area (Å²) < 4.78 is 6.43. The normalized spacial score (nSPS) is 15.5. The van der Waals surface area contributed by atoms with Crippen LogP contribution in [0.3, 0.4) is 0 Å². The fraction of sp³-hybridized carbons (Fsp3) is 0.286.